The fraction of sp³-hybridized carbons (Fsp3) is 0.692. The van der Waals surface area contributed by atoms with E-state index in [1.807, 2.05) is 0 Å². The van der Waals surface area contributed by atoms with E-state index in [1.165, 1.54) is 4.90 Å². The molecule has 1 aliphatic rings. The largest absolute Gasteiger partial charge is 0.444 e. The van der Waals surface area contributed by atoms with Gasteiger partial charge in [-0.15, -0.1) is 6.42 Å². The molecule has 0 aromatic rings. The highest BCUT2D eigenvalue weighted by atomic mass is 16.6. The Morgan fingerprint density at radius 3 is 2.79 bits per heavy atom. The van der Waals surface area contributed by atoms with Crippen molar-refractivity contribution in [2.75, 3.05) is 26.2 Å². The summed E-state index contributed by atoms with van der Waals surface area (Å²) in [6.45, 7) is 6.41. The Labute approximate surface area is 113 Å². The molecule has 0 aliphatic carbocycles. The number of hydrogen-bond donors (Lipinski definition) is 1. The molecule has 6 nitrogen and oxygen atoms in total. The van der Waals surface area contributed by atoms with Crippen LogP contribution in [0.25, 0.3) is 0 Å². The van der Waals surface area contributed by atoms with Gasteiger partial charge in [-0.2, -0.15) is 0 Å². The Balaban J connectivity index is 2.52. The first-order valence-corrected chi connectivity index (χ1v) is 6.14. The molecule has 2 amide bonds. The molecule has 0 bridgehead atoms. The molecule has 1 N–H and O–H groups in total. The Morgan fingerprint density at radius 1 is 1.53 bits per heavy atom. The number of hydrogen-bond acceptors (Lipinski definition) is 4. The van der Waals surface area contributed by atoms with Crippen LogP contribution < -0.4 is 5.32 Å². The summed E-state index contributed by atoms with van der Waals surface area (Å²) in [4.78, 5) is 25.0. The number of rotatable bonds is 2. The van der Waals surface area contributed by atoms with Crippen molar-refractivity contribution in [1.29, 1.82) is 0 Å². The zero-order chi connectivity index (χ0) is 14.5. The molecular weight excluding hydrogens is 248 g/mol. The zero-order valence-electron chi connectivity index (χ0n) is 11.6. The second-order valence-electron chi connectivity index (χ2n) is 5.21. The first-order chi connectivity index (χ1) is 8.83. The minimum atomic E-state index is -0.699. The van der Waals surface area contributed by atoms with Crippen LogP contribution in [0.4, 0.5) is 4.79 Å². The van der Waals surface area contributed by atoms with E-state index in [0.29, 0.717) is 13.2 Å². The van der Waals surface area contributed by atoms with Crippen LogP contribution in [-0.4, -0.2) is 54.8 Å². The van der Waals surface area contributed by atoms with Crippen molar-refractivity contribution < 1.29 is 19.1 Å². The number of terminal acetylenes is 1. The average Bonchev–Trinajstić information content (AvgIpc) is 2.34. The molecule has 19 heavy (non-hydrogen) atoms. The van der Waals surface area contributed by atoms with Crippen molar-refractivity contribution >= 4 is 12.0 Å². The lowest BCUT2D eigenvalue weighted by Crippen LogP contribution is -2.52. The van der Waals surface area contributed by atoms with Gasteiger partial charge in [-0.05, 0) is 20.8 Å². The van der Waals surface area contributed by atoms with E-state index >= 15 is 0 Å². The molecule has 106 valence electrons. The van der Waals surface area contributed by atoms with E-state index in [0.717, 1.165) is 0 Å². The van der Waals surface area contributed by atoms with Crippen molar-refractivity contribution in [3.05, 3.63) is 0 Å². The summed E-state index contributed by atoms with van der Waals surface area (Å²) in [5.74, 6) is 2.00. The zero-order valence-corrected chi connectivity index (χ0v) is 11.6. The van der Waals surface area contributed by atoms with Gasteiger partial charge < -0.3 is 19.7 Å². The van der Waals surface area contributed by atoms with E-state index in [4.69, 9.17) is 15.9 Å². The number of nitrogens with zero attached hydrogens (tertiary/aromatic N) is 1. The summed E-state index contributed by atoms with van der Waals surface area (Å²) in [7, 11) is 0. The molecule has 6 heteroatoms. The summed E-state index contributed by atoms with van der Waals surface area (Å²) < 4.78 is 10.6. The molecular formula is C13H20N2O4. The van der Waals surface area contributed by atoms with Gasteiger partial charge in [0.05, 0.1) is 19.7 Å². The molecule has 0 radical (unpaired) electrons. The van der Waals surface area contributed by atoms with Gasteiger partial charge in [0, 0.05) is 6.54 Å². The van der Waals surface area contributed by atoms with E-state index in [1.54, 1.807) is 20.8 Å². The van der Waals surface area contributed by atoms with Crippen LogP contribution in [-0.2, 0) is 14.3 Å². The van der Waals surface area contributed by atoms with Crippen LogP contribution in [0.3, 0.4) is 0 Å². The highest BCUT2D eigenvalue weighted by Crippen LogP contribution is 2.13. The van der Waals surface area contributed by atoms with Crippen LogP contribution in [0, 0.1) is 12.3 Å². The van der Waals surface area contributed by atoms with Gasteiger partial charge in [0.25, 0.3) is 5.91 Å². The quantitative estimate of drug-likeness (QED) is 0.735. The van der Waals surface area contributed by atoms with Gasteiger partial charge in [0.2, 0.25) is 0 Å². The molecule has 0 unspecified atom stereocenters. The van der Waals surface area contributed by atoms with Gasteiger partial charge in [0.1, 0.15) is 5.60 Å². The fourth-order valence-corrected chi connectivity index (χ4v) is 1.55. The normalized spacial score (nSPS) is 19.5. The van der Waals surface area contributed by atoms with Crippen LogP contribution in [0.5, 0.6) is 0 Å². The van der Waals surface area contributed by atoms with Gasteiger partial charge in [-0.25, -0.2) is 4.79 Å². The third-order valence-electron chi connectivity index (χ3n) is 2.38. The third-order valence-corrected chi connectivity index (χ3v) is 2.38. The number of nitrogens with one attached hydrogen (secondary N) is 1. The number of carbonyl (C=O) groups is 2. The van der Waals surface area contributed by atoms with E-state index in [9.17, 15) is 9.59 Å². The van der Waals surface area contributed by atoms with Crippen molar-refractivity contribution in [1.82, 2.24) is 10.2 Å². The Bertz CT molecular complexity index is 381. The van der Waals surface area contributed by atoms with Crippen LogP contribution in [0.1, 0.15) is 20.8 Å². The average molecular weight is 268 g/mol. The topological polar surface area (TPSA) is 67.9 Å². The molecule has 1 atom stereocenters. The lowest BCUT2D eigenvalue weighted by Gasteiger charge is -2.33. The van der Waals surface area contributed by atoms with Crippen molar-refractivity contribution in [3.8, 4) is 12.3 Å². The lowest BCUT2D eigenvalue weighted by atomic mass is 10.2. The Morgan fingerprint density at radius 2 is 2.21 bits per heavy atom. The predicted molar refractivity (Wildman–Crippen MR) is 69.4 cm³/mol. The van der Waals surface area contributed by atoms with Crippen LogP contribution in [0.2, 0.25) is 0 Å². The molecule has 1 rings (SSSR count). The standard InChI is InChI=1S/C13H20N2O4/c1-5-6-14-11(16)10-9-15(7-8-18-10)12(17)19-13(2,3)4/h1,10H,6-9H2,2-4H3,(H,14,16)/t10-/m0/s1. The van der Waals surface area contributed by atoms with Gasteiger partial charge >= 0.3 is 6.09 Å². The molecule has 0 spiro atoms. The van der Waals surface area contributed by atoms with Crippen molar-refractivity contribution in [3.63, 3.8) is 0 Å². The highest BCUT2D eigenvalue weighted by molar-refractivity contribution is 5.82. The monoisotopic (exact) mass is 268 g/mol. The van der Waals surface area contributed by atoms with Gasteiger partial charge in [-0.1, -0.05) is 5.92 Å². The fourth-order valence-electron chi connectivity index (χ4n) is 1.55. The third kappa shape index (κ3) is 5.18. The number of amides is 2. The molecule has 1 heterocycles. The Hall–Kier alpha value is -1.74. The maximum absolute atomic E-state index is 11.9. The summed E-state index contributed by atoms with van der Waals surface area (Å²) in [5, 5.41) is 2.53. The molecule has 0 aromatic carbocycles. The number of carbonyl (C=O) groups excluding carboxylic acids is 2. The Kier molecular flexibility index (Phi) is 5.19. The second kappa shape index (κ2) is 6.43. The molecule has 0 aromatic heterocycles. The molecule has 0 saturated carbocycles. The minimum Gasteiger partial charge on any atom is -0.444 e. The summed E-state index contributed by atoms with van der Waals surface area (Å²) in [6.07, 6.45) is 3.92. The first-order valence-electron chi connectivity index (χ1n) is 6.14. The highest BCUT2D eigenvalue weighted by Gasteiger charge is 2.31. The predicted octanol–water partition coefficient (Wildman–Crippen LogP) is 0.372. The molecule has 1 saturated heterocycles. The molecule has 1 aliphatic heterocycles. The van der Waals surface area contributed by atoms with Crippen molar-refractivity contribution in [2.45, 2.75) is 32.5 Å². The van der Waals surface area contributed by atoms with E-state index in [2.05, 4.69) is 11.2 Å². The van der Waals surface area contributed by atoms with Gasteiger partial charge in [-0.3, -0.25) is 4.79 Å². The maximum Gasteiger partial charge on any atom is 0.410 e. The maximum atomic E-state index is 11.9. The summed E-state index contributed by atoms with van der Waals surface area (Å²) in [5.41, 5.74) is -0.559. The van der Waals surface area contributed by atoms with Crippen LogP contribution >= 0.6 is 0 Å². The van der Waals surface area contributed by atoms with E-state index in [-0.39, 0.29) is 19.0 Å². The lowest BCUT2D eigenvalue weighted by molar-refractivity contribution is -0.137. The number of morpholine rings is 1. The smallest absolute Gasteiger partial charge is 0.410 e. The summed E-state index contributed by atoms with van der Waals surface area (Å²) >= 11 is 0. The van der Waals surface area contributed by atoms with Crippen LogP contribution in [0.15, 0.2) is 0 Å². The van der Waals surface area contributed by atoms with Crippen molar-refractivity contribution in [2.24, 2.45) is 0 Å². The van der Waals surface area contributed by atoms with E-state index < -0.39 is 17.8 Å². The number of ether oxygens (including phenoxy) is 2. The minimum absolute atomic E-state index is 0.144. The SMILES string of the molecule is C#CCNC(=O)[C@@H]1CN(C(=O)OC(C)(C)C)CCO1. The van der Waals surface area contributed by atoms with Gasteiger partial charge in [0.15, 0.2) is 6.10 Å². The first kappa shape index (κ1) is 15.3. The molecule has 1 fully saturated rings. The summed E-state index contributed by atoms with van der Waals surface area (Å²) in [6, 6.07) is 0. The second-order valence-corrected chi connectivity index (χ2v) is 5.21.